The van der Waals surface area contributed by atoms with Gasteiger partial charge in [-0.1, -0.05) is 13.8 Å². The zero-order chi connectivity index (χ0) is 13.6. The SMILES string of the molecule is CC(C)CN(C)C[C@H](O)[C@@H](O)[C@H](O)[C@H](O)CO. The maximum absolute atomic E-state index is 9.67. The number of nitrogens with zero attached hydrogens (tertiary/aromatic N) is 1. The molecule has 0 bridgehead atoms. The third-order valence-electron chi connectivity index (χ3n) is 2.50. The predicted octanol–water partition coefficient (Wildman–Crippen LogP) is -1.99. The first-order valence-corrected chi connectivity index (χ1v) is 5.81. The van der Waals surface area contributed by atoms with E-state index in [9.17, 15) is 15.3 Å². The maximum Gasteiger partial charge on any atom is 0.111 e. The highest BCUT2D eigenvalue weighted by molar-refractivity contribution is 4.82. The van der Waals surface area contributed by atoms with Crippen molar-refractivity contribution in [2.45, 2.75) is 38.3 Å². The minimum absolute atomic E-state index is 0.189. The first-order chi connectivity index (χ1) is 7.79. The second-order valence-electron chi connectivity index (χ2n) is 4.91. The number of hydrogen-bond donors (Lipinski definition) is 5. The second-order valence-corrected chi connectivity index (χ2v) is 4.91. The van der Waals surface area contributed by atoms with Crippen LogP contribution in [-0.4, -0.2) is 81.6 Å². The van der Waals surface area contributed by atoms with Crippen LogP contribution in [0.1, 0.15) is 13.8 Å². The Bertz CT molecular complexity index is 202. The molecule has 0 radical (unpaired) electrons. The summed E-state index contributed by atoms with van der Waals surface area (Å²) in [5.74, 6) is 0.428. The zero-order valence-electron chi connectivity index (χ0n) is 10.7. The molecule has 6 heteroatoms. The van der Waals surface area contributed by atoms with Gasteiger partial charge in [-0.2, -0.15) is 0 Å². The summed E-state index contributed by atoms with van der Waals surface area (Å²) < 4.78 is 0. The highest BCUT2D eigenvalue weighted by atomic mass is 16.4. The number of hydrogen-bond acceptors (Lipinski definition) is 6. The van der Waals surface area contributed by atoms with Crippen molar-refractivity contribution in [2.75, 3.05) is 26.7 Å². The van der Waals surface area contributed by atoms with E-state index in [4.69, 9.17) is 10.2 Å². The lowest BCUT2D eigenvalue weighted by Gasteiger charge is -2.29. The van der Waals surface area contributed by atoms with E-state index >= 15 is 0 Å². The van der Waals surface area contributed by atoms with E-state index in [0.717, 1.165) is 6.54 Å². The zero-order valence-corrected chi connectivity index (χ0v) is 10.7. The monoisotopic (exact) mass is 251 g/mol. The molecule has 0 heterocycles. The average Bonchev–Trinajstić information content (AvgIpc) is 2.24. The molecule has 17 heavy (non-hydrogen) atoms. The van der Waals surface area contributed by atoms with Crippen LogP contribution in [0, 0.1) is 5.92 Å². The van der Waals surface area contributed by atoms with E-state index in [1.165, 1.54) is 0 Å². The van der Waals surface area contributed by atoms with Crippen LogP contribution in [0.2, 0.25) is 0 Å². The maximum atomic E-state index is 9.67. The van der Waals surface area contributed by atoms with Crippen molar-refractivity contribution >= 4 is 0 Å². The summed E-state index contributed by atoms with van der Waals surface area (Å²) in [4.78, 5) is 1.83. The number of aliphatic hydroxyl groups is 5. The van der Waals surface area contributed by atoms with Gasteiger partial charge in [0.25, 0.3) is 0 Å². The van der Waals surface area contributed by atoms with Crippen molar-refractivity contribution in [1.82, 2.24) is 4.90 Å². The van der Waals surface area contributed by atoms with Gasteiger partial charge in [-0.05, 0) is 13.0 Å². The van der Waals surface area contributed by atoms with Crippen molar-refractivity contribution in [1.29, 1.82) is 0 Å². The van der Waals surface area contributed by atoms with Gasteiger partial charge in [0.15, 0.2) is 0 Å². The van der Waals surface area contributed by atoms with Gasteiger partial charge in [0.1, 0.15) is 18.3 Å². The topological polar surface area (TPSA) is 104 Å². The van der Waals surface area contributed by atoms with Gasteiger partial charge >= 0.3 is 0 Å². The van der Waals surface area contributed by atoms with Crippen LogP contribution >= 0.6 is 0 Å². The van der Waals surface area contributed by atoms with Gasteiger partial charge in [0.2, 0.25) is 0 Å². The Morgan fingerprint density at radius 3 is 1.76 bits per heavy atom. The second kappa shape index (κ2) is 7.97. The summed E-state index contributed by atoms with van der Waals surface area (Å²) in [5, 5.41) is 46.4. The van der Waals surface area contributed by atoms with Crippen LogP contribution in [0.25, 0.3) is 0 Å². The van der Waals surface area contributed by atoms with Crippen molar-refractivity contribution in [3.63, 3.8) is 0 Å². The number of aliphatic hydroxyl groups excluding tert-OH is 5. The molecule has 0 aromatic heterocycles. The lowest BCUT2D eigenvalue weighted by Crippen LogP contribution is -2.49. The fraction of sp³-hybridized carbons (Fsp3) is 1.00. The molecule has 0 saturated heterocycles. The van der Waals surface area contributed by atoms with E-state index in [1.807, 2.05) is 18.7 Å². The molecule has 0 amide bonds. The molecule has 4 atom stereocenters. The molecule has 0 aromatic carbocycles. The highest BCUT2D eigenvalue weighted by Gasteiger charge is 2.30. The van der Waals surface area contributed by atoms with Crippen LogP contribution < -0.4 is 0 Å². The van der Waals surface area contributed by atoms with E-state index in [-0.39, 0.29) is 6.54 Å². The molecule has 5 N–H and O–H groups in total. The van der Waals surface area contributed by atoms with Crippen LogP contribution in [0.3, 0.4) is 0 Å². The summed E-state index contributed by atoms with van der Waals surface area (Å²) in [7, 11) is 1.80. The molecule has 0 aliphatic carbocycles. The third kappa shape index (κ3) is 6.30. The number of rotatable bonds is 8. The van der Waals surface area contributed by atoms with Crippen LogP contribution in [0.15, 0.2) is 0 Å². The molecule has 0 rings (SSSR count). The molecule has 0 fully saturated rings. The Kier molecular flexibility index (Phi) is 7.85. The first kappa shape index (κ1) is 16.8. The third-order valence-corrected chi connectivity index (χ3v) is 2.50. The summed E-state index contributed by atoms with van der Waals surface area (Å²) in [5.41, 5.74) is 0. The van der Waals surface area contributed by atoms with Gasteiger partial charge in [0.05, 0.1) is 12.7 Å². The van der Waals surface area contributed by atoms with Crippen molar-refractivity contribution in [2.24, 2.45) is 5.92 Å². The Balaban J connectivity index is 4.16. The first-order valence-electron chi connectivity index (χ1n) is 5.81. The summed E-state index contributed by atoms with van der Waals surface area (Å²) in [6.45, 7) is 4.34. The average molecular weight is 251 g/mol. The van der Waals surface area contributed by atoms with E-state index in [0.29, 0.717) is 5.92 Å². The Labute approximate surface area is 102 Å². The largest absolute Gasteiger partial charge is 0.394 e. The Morgan fingerprint density at radius 2 is 1.35 bits per heavy atom. The van der Waals surface area contributed by atoms with Crippen LogP contribution in [0.5, 0.6) is 0 Å². The molecule has 6 nitrogen and oxygen atoms in total. The highest BCUT2D eigenvalue weighted by Crippen LogP contribution is 2.07. The normalized spacial score (nSPS) is 19.4. The lowest BCUT2D eigenvalue weighted by atomic mass is 10.0. The van der Waals surface area contributed by atoms with E-state index in [2.05, 4.69) is 0 Å². The molecule has 0 aliphatic heterocycles. The molecule has 0 unspecified atom stereocenters. The Morgan fingerprint density at radius 1 is 0.882 bits per heavy atom. The molecule has 104 valence electrons. The minimum Gasteiger partial charge on any atom is -0.394 e. The van der Waals surface area contributed by atoms with Gasteiger partial charge in [-0.25, -0.2) is 0 Å². The Hall–Kier alpha value is -0.240. The molecule has 0 aromatic rings. The van der Waals surface area contributed by atoms with Crippen LogP contribution in [0.4, 0.5) is 0 Å². The lowest BCUT2D eigenvalue weighted by molar-refractivity contribution is -0.118. The molecular weight excluding hydrogens is 226 g/mol. The summed E-state index contributed by atoms with van der Waals surface area (Å²) >= 11 is 0. The van der Waals surface area contributed by atoms with Gasteiger partial charge in [0, 0.05) is 13.1 Å². The summed E-state index contributed by atoms with van der Waals surface area (Å²) in [6.07, 6.45) is -5.65. The standard InChI is InChI=1S/C11H25NO5/c1-7(2)4-12(3)5-8(14)10(16)11(17)9(15)6-13/h7-11,13-17H,4-6H2,1-3H3/t8-,9+,10+,11+/m0/s1. The summed E-state index contributed by atoms with van der Waals surface area (Å²) in [6, 6.07) is 0. The molecular formula is C11H25NO5. The smallest absolute Gasteiger partial charge is 0.111 e. The van der Waals surface area contributed by atoms with E-state index in [1.54, 1.807) is 7.05 Å². The van der Waals surface area contributed by atoms with Crippen LogP contribution in [-0.2, 0) is 0 Å². The van der Waals surface area contributed by atoms with E-state index < -0.39 is 31.0 Å². The van der Waals surface area contributed by atoms with Gasteiger partial charge in [-0.3, -0.25) is 0 Å². The van der Waals surface area contributed by atoms with Gasteiger partial charge < -0.3 is 30.4 Å². The quantitative estimate of drug-likeness (QED) is 0.342. The predicted molar refractivity (Wildman–Crippen MR) is 63.4 cm³/mol. The van der Waals surface area contributed by atoms with Gasteiger partial charge in [-0.15, -0.1) is 0 Å². The van der Waals surface area contributed by atoms with Crippen molar-refractivity contribution in [3.05, 3.63) is 0 Å². The fourth-order valence-electron chi connectivity index (χ4n) is 1.69. The molecule has 0 spiro atoms. The van der Waals surface area contributed by atoms with Crippen molar-refractivity contribution < 1.29 is 25.5 Å². The minimum atomic E-state index is -1.55. The number of likely N-dealkylation sites (N-methyl/N-ethyl adjacent to an activating group) is 1. The fourth-order valence-corrected chi connectivity index (χ4v) is 1.69. The molecule has 0 aliphatic rings. The van der Waals surface area contributed by atoms with Crippen molar-refractivity contribution in [3.8, 4) is 0 Å². The molecule has 0 saturated carbocycles.